The molecule has 1 fully saturated rings. The Morgan fingerprint density at radius 3 is 2.12 bits per heavy atom. The van der Waals surface area contributed by atoms with Gasteiger partial charge < -0.3 is 15.1 Å². The predicted octanol–water partition coefficient (Wildman–Crippen LogP) is 3.23. The molecule has 0 radical (unpaired) electrons. The van der Waals surface area contributed by atoms with Crippen LogP contribution in [0.5, 0.6) is 0 Å². The molecule has 126 valence electrons. The van der Waals surface area contributed by atoms with Gasteiger partial charge in [-0.2, -0.15) is 0 Å². The van der Waals surface area contributed by atoms with E-state index in [0.29, 0.717) is 0 Å². The largest absolute Gasteiger partial charge is 0.374 e. The van der Waals surface area contributed by atoms with Crippen LogP contribution in [0.1, 0.15) is 13.3 Å². The molecule has 3 rings (SSSR count). The Bertz CT molecular complexity index is 636. The Balaban J connectivity index is 1.57. The third kappa shape index (κ3) is 3.88. The Kier molecular flexibility index (Phi) is 5.36. The summed E-state index contributed by atoms with van der Waals surface area (Å²) in [7, 11) is 0. The van der Waals surface area contributed by atoms with Crippen molar-refractivity contribution in [2.24, 2.45) is 0 Å². The maximum absolute atomic E-state index is 12.8. The van der Waals surface area contributed by atoms with Gasteiger partial charge in [-0.3, -0.25) is 4.79 Å². The monoisotopic (exact) mass is 323 g/mol. The number of piperazine rings is 1. The molecule has 0 saturated carbocycles. The fourth-order valence-electron chi connectivity index (χ4n) is 3.12. The normalized spacial score (nSPS) is 15.9. The summed E-state index contributed by atoms with van der Waals surface area (Å²) >= 11 is 0. The molecule has 0 aliphatic carbocycles. The number of nitrogens with zero attached hydrogens (tertiary/aromatic N) is 2. The first-order valence-corrected chi connectivity index (χ1v) is 8.68. The highest BCUT2D eigenvalue weighted by Gasteiger charge is 2.26. The lowest BCUT2D eigenvalue weighted by Gasteiger charge is -2.37. The van der Waals surface area contributed by atoms with Crippen molar-refractivity contribution in [2.75, 3.05) is 36.4 Å². The maximum Gasteiger partial charge on any atom is 0.245 e. The van der Waals surface area contributed by atoms with Crippen LogP contribution in [0.2, 0.25) is 0 Å². The molecule has 24 heavy (non-hydrogen) atoms. The van der Waals surface area contributed by atoms with Gasteiger partial charge in [-0.25, -0.2) is 0 Å². The van der Waals surface area contributed by atoms with Crippen LogP contribution in [0.3, 0.4) is 0 Å². The number of carbonyl (C=O) groups is 1. The zero-order chi connectivity index (χ0) is 16.8. The van der Waals surface area contributed by atoms with Crippen LogP contribution >= 0.6 is 0 Å². The lowest BCUT2D eigenvalue weighted by atomic mass is 10.1. The second kappa shape index (κ2) is 7.86. The van der Waals surface area contributed by atoms with Crippen molar-refractivity contribution in [1.82, 2.24) is 4.90 Å². The van der Waals surface area contributed by atoms with Crippen LogP contribution < -0.4 is 10.2 Å². The summed E-state index contributed by atoms with van der Waals surface area (Å²) in [6, 6.07) is 20.2. The minimum atomic E-state index is -0.157. The third-order valence-electron chi connectivity index (χ3n) is 4.53. The average molecular weight is 323 g/mol. The summed E-state index contributed by atoms with van der Waals surface area (Å²) in [5, 5.41) is 3.36. The second-order valence-corrected chi connectivity index (χ2v) is 6.12. The molecular formula is C20H25N3O. The minimum absolute atomic E-state index is 0.157. The van der Waals surface area contributed by atoms with Gasteiger partial charge in [0.05, 0.1) is 0 Å². The van der Waals surface area contributed by atoms with Crippen LogP contribution in [-0.2, 0) is 4.79 Å². The van der Waals surface area contributed by atoms with E-state index in [9.17, 15) is 4.79 Å². The SMILES string of the molecule is CCC(Nc1ccccc1)C(=O)N1CCN(c2ccccc2)CC1. The van der Waals surface area contributed by atoms with Crippen molar-refractivity contribution in [3.63, 3.8) is 0 Å². The molecule has 2 aromatic carbocycles. The van der Waals surface area contributed by atoms with Crippen molar-refractivity contribution in [2.45, 2.75) is 19.4 Å². The van der Waals surface area contributed by atoms with Gasteiger partial charge in [0, 0.05) is 37.6 Å². The quantitative estimate of drug-likeness (QED) is 0.917. The van der Waals surface area contributed by atoms with Gasteiger partial charge >= 0.3 is 0 Å². The molecule has 0 spiro atoms. The molecule has 1 aliphatic heterocycles. The summed E-state index contributed by atoms with van der Waals surface area (Å²) in [5.41, 5.74) is 2.24. The van der Waals surface area contributed by atoms with Crippen LogP contribution in [0.25, 0.3) is 0 Å². The van der Waals surface area contributed by atoms with E-state index in [4.69, 9.17) is 0 Å². The fourth-order valence-corrected chi connectivity index (χ4v) is 3.12. The first-order valence-electron chi connectivity index (χ1n) is 8.68. The van der Waals surface area contributed by atoms with E-state index >= 15 is 0 Å². The topological polar surface area (TPSA) is 35.6 Å². The van der Waals surface area contributed by atoms with Crippen LogP contribution in [0.15, 0.2) is 60.7 Å². The number of benzene rings is 2. The molecule has 1 amide bonds. The van der Waals surface area contributed by atoms with Gasteiger partial charge in [0.1, 0.15) is 6.04 Å². The molecule has 4 nitrogen and oxygen atoms in total. The highest BCUT2D eigenvalue weighted by molar-refractivity contribution is 5.85. The molecule has 0 aromatic heterocycles. The average Bonchev–Trinajstić information content (AvgIpc) is 2.67. The van der Waals surface area contributed by atoms with E-state index < -0.39 is 0 Å². The van der Waals surface area contributed by atoms with E-state index in [1.807, 2.05) is 41.3 Å². The van der Waals surface area contributed by atoms with Crippen molar-refractivity contribution in [3.8, 4) is 0 Å². The van der Waals surface area contributed by atoms with Crippen LogP contribution in [0.4, 0.5) is 11.4 Å². The van der Waals surface area contributed by atoms with E-state index in [0.717, 1.165) is 38.3 Å². The van der Waals surface area contributed by atoms with Gasteiger partial charge in [-0.05, 0) is 30.7 Å². The summed E-state index contributed by atoms with van der Waals surface area (Å²) in [4.78, 5) is 17.2. The third-order valence-corrected chi connectivity index (χ3v) is 4.53. The zero-order valence-corrected chi connectivity index (χ0v) is 14.2. The number of para-hydroxylation sites is 2. The summed E-state index contributed by atoms with van der Waals surface area (Å²) in [5.74, 6) is 0.203. The lowest BCUT2D eigenvalue weighted by molar-refractivity contribution is -0.132. The van der Waals surface area contributed by atoms with Gasteiger partial charge in [0.15, 0.2) is 0 Å². The van der Waals surface area contributed by atoms with Crippen molar-refractivity contribution < 1.29 is 4.79 Å². The van der Waals surface area contributed by atoms with E-state index in [1.165, 1.54) is 5.69 Å². The number of anilines is 2. The molecule has 2 aromatic rings. The lowest BCUT2D eigenvalue weighted by Crippen LogP contribution is -2.52. The van der Waals surface area contributed by atoms with Gasteiger partial charge in [-0.15, -0.1) is 0 Å². The first kappa shape index (κ1) is 16.4. The van der Waals surface area contributed by atoms with E-state index in [2.05, 4.69) is 41.4 Å². The van der Waals surface area contributed by atoms with Gasteiger partial charge in [-0.1, -0.05) is 43.3 Å². The molecular weight excluding hydrogens is 298 g/mol. The van der Waals surface area contributed by atoms with Crippen molar-refractivity contribution in [3.05, 3.63) is 60.7 Å². The number of hydrogen-bond acceptors (Lipinski definition) is 3. The van der Waals surface area contributed by atoms with E-state index in [-0.39, 0.29) is 11.9 Å². The summed E-state index contributed by atoms with van der Waals surface area (Å²) < 4.78 is 0. The van der Waals surface area contributed by atoms with Crippen molar-refractivity contribution >= 4 is 17.3 Å². The summed E-state index contributed by atoms with van der Waals surface area (Å²) in [6.45, 7) is 5.38. The Labute approximate surface area is 144 Å². The predicted molar refractivity (Wildman–Crippen MR) is 99.4 cm³/mol. The second-order valence-electron chi connectivity index (χ2n) is 6.12. The molecule has 4 heteroatoms. The number of hydrogen-bond donors (Lipinski definition) is 1. The minimum Gasteiger partial charge on any atom is -0.374 e. The van der Waals surface area contributed by atoms with Crippen LogP contribution in [0, 0.1) is 0 Å². The molecule has 1 unspecified atom stereocenters. The maximum atomic E-state index is 12.8. The Morgan fingerprint density at radius 2 is 1.54 bits per heavy atom. The number of rotatable bonds is 5. The van der Waals surface area contributed by atoms with Crippen LogP contribution in [-0.4, -0.2) is 43.0 Å². The smallest absolute Gasteiger partial charge is 0.245 e. The number of nitrogens with one attached hydrogen (secondary N) is 1. The number of carbonyl (C=O) groups excluding carboxylic acids is 1. The highest BCUT2D eigenvalue weighted by atomic mass is 16.2. The molecule has 1 N–H and O–H groups in total. The molecule has 1 saturated heterocycles. The standard InChI is InChI=1S/C20H25N3O/c1-2-19(21-17-9-5-3-6-10-17)20(24)23-15-13-22(14-16-23)18-11-7-4-8-12-18/h3-12,19,21H,2,13-16H2,1H3. The molecule has 0 bridgehead atoms. The molecule has 1 atom stereocenters. The van der Waals surface area contributed by atoms with E-state index in [1.54, 1.807) is 0 Å². The molecule has 1 aliphatic rings. The fraction of sp³-hybridized carbons (Fsp3) is 0.350. The summed E-state index contributed by atoms with van der Waals surface area (Å²) in [6.07, 6.45) is 0.784. The number of amides is 1. The van der Waals surface area contributed by atoms with Crippen molar-refractivity contribution in [1.29, 1.82) is 0 Å². The Hall–Kier alpha value is -2.49. The Morgan fingerprint density at radius 1 is 0.958 bits per heavy atom. The van der Waals surface area contributed by atoms with Gasteiger partial charge in [0.2, 0.25) is 5.91 Å². The zero-order valence-electron chi connectivity index (χ0n) is 14.2. The highest BCUT2D eigenvalue weighted by Crippen LogP contribution is 2.17. The first-order chi connectivity index (χ1) is 11.8. The van der Waals surface area contributed by atoms with Gasteiger partial charge in [0.25, 0.3) is 0 Å². The molecule has 1 heterocycles.